The number of carbonyl (C=O) groups is 2. The number of halogens is 2. The van der Waals surface area contributed by atoms with E-state index in [1.54, 1.807) is 18.2 Å². The van der Waals surface area contributed by atoms with Crippen LogP contribution in [-0.2, 0) is 9.59 Å². The lowest BCUT2D eigenvalue weighted by atomic mass is 10.3. The monoisotopic (exact) mass is 373 g/mol. The van der Waals surface area contributed by atoms with E-state index in [4.69, 9.17) is 23.2 Å². The molecule has 0 aliphatic heterocycles. The smallest absolute Gasteiger partial charge is 0.234 e. The highest BCUT2D eigenvalue weighted by molar-refractivity contribution is 6.39. The second-order valence-corrected chi connectivity index (χ2v) is 6.34. The van der Waals surface area contributed by atoms with Gasteiger partial charge in [-0.05, 0) is 31.5 Å². The number of nitrogens with zero attached hydrogens (tertiary/aromatic N) is 1. The summed E-state index contributed by atoms with van der Waals surface area (Å²) in [6.07, 6.45) is 2.09. The number of amides is 2. The van der Waals surface area contributed by atoms with Crippen molar-refractivity contribution in [2.45, 2.75) is 33.1 Å². The van der Waals surface area contributed by atoms with Crippen LogP contribution in [0.1, 0.15) is 33.1 Å². The Bertz CT molecular complexity index is 532. The number of hydrogen-bond acceptors (Lipinski definition) is 3. The third-order valence-corrected chi connectivity index (χ3v) is 3.99. The molecule has 0 radical (unpaired) electrons. The Morgan fingerprint density at radius 3 is 2.29 bits per heavy atom. The molecule has 0 heterocycles. The molecule has 0 saturated carbocycles. The summed E-state index contributed by atoms with van der Waals surface area (Å²) >= 11 is 12.1. The van der Waals surface area contributed by atoms with E-state index < -0.39 is 0 Å². The van der Waals surface area contributed by atoms with Crippen molar-refractivity contribution in [2.24, 2.45) is 0 Å². The second-order valence-electron chi connectivity index (χ2n) is 5.52. The van der Waals surface area contributed by atoms with Gasteiger partial charge in [0.2, 0.25) is 11.8 Å². The highest BCUT2D eigenvalue weighted by Crippen LogP contribution is 2.29. The van der Waals surface area contributed by atoms with Crippen LogP contribution in [0.4, 0.5) is 5.69 Å². The Morgan fingerprint density at radius 2 is 1.71 bits per heavy atom. The molecule has 0 aliphatic rings. The van der Waals surface area contributed by atoms with Crippen LogP contribution < -0.4 is 10.6 Å². The molecule has 2 amide bonds. The molecule has 0 aromatic heterocycles. The van der Waals surface area contributed by atoms with Crippen LogP contribution in [0.25, 0.3) is 0 Å². The van der Waals surface area contributed by atoms with Gasteiger partial charge in [0.25, 0.3) is 0 Å². The third kappa shape index (κ3) is 7.51. The van der Waals surface area contributed by atoms with Gasteiger partial charge in [0.05, 0.1) is 22.3 Å². The molecule has 1 rings (SSSR count). The first-order valence-electron chi connectivity index (χ1n) is 8.20. The number of rotatable bonds is 10. The molecule has 5 nitrogen and oxygen atoms in total. The summed E-state index contributed by atoms with van der Waals surface area (Å²) in [4.78, 5) is 25.9. The van der Waals surface area contributed by atoms with Crippen molar-refractivity contribution in [3.05, 3.63) is 28.2 Å². The van der Waals surface area contributed by atoms with Gasteiger partial charge in [-0.25, -0.2) is 0 Å². The first-order chi connectivity index (χ1) is 11.5. The lowest BCUT2D eigenvalue weighted by Crippen LogP contribution is -2.39. The Labute approximate surface area is 153 Å². The van der Waals surface area contributed by atoms with Gasteiger partial charge in [0.1, 0.15) is 0 Å². The molecule has 0 fully saturated rings. The van der Waals surface area contributed by atoms with Crippen molar-refractivity contribution in [3.63, 3.8) is 0 Å². The van der Waals surface area contributed by atoms with E-state index in [1.807, 2.05) is 18.7 Å². The minimum Gasteiger partial charge on any atom is -0.355 e. The summed E-state index contributed by atoms with van der Waals surface area (Å²) < 4.78 is 0. The van der Waals surface area contributed by atoms with Crippen LogP contribution >= 0.6 is 23.2 Å². The Kier molecular flexibility index (Phi) is 9.76. The van der Waals surface area contributed by atoms with Gasteiger partial charge < -0.3 is 10.6 Å². The van der Waals surface area contributed by atoms with Gasteiger partial charge in [-0.2, -0.15) is 0 Å². The summed E-state index contributed by atoms with van der Waals surface area (Å²) in [5, 5.41) is 6.39. The maximum atomic E-state index is 12.1. The van der Waals surface area contributed by atoms with Crippen molar-refractivity contribution in [1.29, 1.82) is 0 Å². The Hall–Kier alpha value is -1.30. The summed E-state index contributed by atoms with van der Waals surface area (Å²) in [5.41, 5.74) is 0.425. The van der Waals surface area contributed by atoms with Crippen molar-refractivity contribution >= 4 is 40.7 Å². The topological polar surface area (TPSA) is 61.4 Å². The van der Waals surface area contributed by atoms with Crippen LogP contribution in [0, 0.1) is 0 Å². The molecule has 0 spiro atoms. The van der Waals surface area contributed by atoms with E-state index >= 15 is 0 Å². The molecule has 7 heteroatoms. The predicted octanol–water partition coefficient (Wildman–Crippen LogP) is 3.56. The Balaban J connectivity index is 2.51. The average molecular weight is 374 g/mol. The van der Waals surface area contributed by atoms with E-state index in [1.165, 1.54) is 0 Å². The fourth-order valence-corrected chi connectivity index (χ4v) is 2.68. The fraction of sp³-hybridized carbons (Fsp3) is 0.529. The number of carbonyl (C=O) groups excluding carboxylic acids is 2. The van der Waals surface area contributed by atoms with Crippen LogP contribution in [0.15, 0.2) is 18.2 Å². The van der Waals surface area contributed by atoms with Crippen molar-refractivity contribution in [1.82, 2.24) is 10.2 Å². The number of benzene rings is 1. The minimum absolute atomic E-state index is 0.0140. The van der Waals surface area contributed by atoms with Crippen LogP contribution in [0.3, 0.4) is 0 Å². The largest absolute Gasteiger partial charge is 0.355 e. The molecule has 1 aromatic rings. The predicted molar refractivity (Wildman–Crippen MR) is 99.7 cm³/mol. The molecular formula is C17H25Cl2N3O2. The molecule has 2 N–H and O–H groups in total. The summed E-state index contributed by atoms with van der Waals surface area (Å²) in [6.45, 7) is 6.29. The lowest BCUT2D eigenvalue weighted by Gasteiger charge is -2.21. The van der Waals surface area contributed by atoms with E-state index in [0.717, 1.165) is 19.4 Å². The van der Waals surface area contributed by atoms with E-state index in [9.17, 15) is 9.59 Å². The molecule has 1 aromatic carbocycles. The zero-order valence-electron chi connectivity index (χ0n) is 14.2. The first-order valence-corrected chi connectivity index (χ1v) is 8.96. The van der Waals surface area contributed by atoms with Gasteiger partial charge in [0.15, 0.2) is 0 Å². The molecule has 134 valence electrons. The molecule has 0 atom stereocenters. The SMILES string of the molecule is CCCNC(=O)CN(CCC)CCC(=O)Nc1c(Cl)cccc1Cl. The number of hydrogen-bond donors (Lipinski definition) is 2. The van der Waals surface area contributed by atoms with E-state index in [0.29, 0.717) is 35.4 Å². The van der Waals surface area contributed by atoms with E-state index in [-0.39, 0.29) is 18.2 Å². The van der Waals surface area contributed by atoms with Gasteiger partial charge in [0, 0.05) is 19.5 Å². The van der Waals surface area contributed by atoms with Crippen molar-refractivity contribution < 1.29 is 9.59 Å². The zero-order valence-corrected chi connectivity index (χ0v) is 15.7. The molecule has 0 unspecified atom stereocenters. The minimum atomic E-state index is -0.180. The quantitative estimate of drug-likeness (QED) is 0.658. The van der Waals surface area contributed by atoms with Gasteiger partial charge in [-0.15, -0.1) is 0 Å². The lowest BCUT2D eigenvalue weighted by molar-refractivity contribution is -0.123. The van der Waals surface area contributed by atoms with Crippen molar-refractivity contribution in [2.75, 3.05) is 31.5 Å². The Morgan fingerprint density at radius 1 is 1.04 bits per heavy atom. The molecule has 0 saturated heterocycles. The summed E-state index contributed by atoms with van der Waals surface area (Å²) in [7, 11) is 0. The van der Waals surface area contributed by atoms with Gasteiger partial charge >= 0.3 is 0 Å². The van der Waals surface area contributed by atoms with Gasteiger partial charge in [-0.3, -0.25) is 14.5 Å². The number of para-hydroxylation sites is 1. The van der Waals surface area contributed by atoms with Crippen LogP contribution in [-0.4, -0.2) is 42.9 Å². The van der Waals surface area contributed by atoms with Crippen molar-refractivity contribution in [3.8, 4) is 0 Å². The van der Waals surface area contributed by atoms with Crippen LogP contribution in [0.2, 0.25) is 10.0 Å². The summed E-state index contributed by atoms with van der Waals surface area (Å²) in [6, 6.07) is 5.06. The van der Waals surface area contributed by atoms with Crippen LogP contribution in [0.5, 0.6) is 0 Å². The third-order valence-electron chi connectivity index (χ3n) is 3.36. The highest BCUT2D eigenvalue weighted by Gasteiger charge is 2.13. The first kappa shape index (κ1) is 20.7. The van der Waals surface area contributed by atoms with E-state index in [2.05, 4.69) is 10.6 Å². The molecule has 0 bridgehead atoms. The molecule has 24 heavy (non-hydrogen) atoms. The second kappa shape index (κ2) is 11.3. The standard InChI is InChI=1S/C17H25Cl2N3O2/c1-3-9-20-16(24)12-22(10-4-2)11-8-15(23)21-17-13(18)6-5-7-14(17)19/h5-7H,3-4,8-12H2,1-2H3,(H,20,24)(H,21,23). The zero-order chi connectivity index (χ0) is 17.9. The summed E-state index contributed by atoms with van der Waals surface area (Å²) in [5.74, 6) is -0.195. The fourth-order valence-electron chi connectivity index (χ4n) is 2.19. The highest BCUT2D eigenvalue weighted by atomic mass is 35.5. The molecular weight excluding hydrogens is 349 g/mol. The normalized spacial score (nSPS) is 10.7. The average Bonchev–Trinajstić information content (AvgIpc) is 2.54. The van der Waals surface area contributed by atoms with Gasteiger partial charge in [-0.1, -0.05) is 43.1 Å². The molecule has 0 aliphatic carbocycles. The number of anilines is 1. The number of nitrogens with one attached hydrogen (secondary N) is 2. The maximum Gasteiger partial charge on any atom is 0.234 e. The maximum absolute atomic E-state index is 12.1.